The number of hydrogen-bond acceptors (Lipinski definition) is 3. The Morgan fingerprint density at radius 2 is 2.40 bits per heavy atom. The monoisotopic (exact) mass is 162 g/mol. The zero-order valence-corrected chi connectivity index (χ0v) is 7.23. The van der Waals surface area contributed by atoms with Gasteiger partial charge in [0.2, 0.25) is 0 Å². The summed E-state index contributed by atoms with van der Waals surface area (Å²) >= 11 is 1.82. The first-order valence-electron chi connectivity index (χ1n) is 3.56. The van der Waals surface area contributed by atoms with Gasteiger partial charge < -0.3 is 9.84 Å². The molecule has 0 amide bonds. The lowest BCUT2D eigenvalue weighted by atomic mass is 10.1. The normalized spacial score (nSPS) is 40.5. The third-order valence-electron chi connectivity index (χ3n) is 1.74. The molecule has 60 valence electrons. The van der Waals surface area contributed by atoms with Crippen molar-refractivity contribution in [1.82, 2.24) is 0 Å². The second kappa shape index (κ2) is 3.60. The van der Waals surface area contributed by atoms with Crippen molar-refractivity contribution in [2.75, 3.05) is 13.7 Å². The molecule has 0 aromatic heterocycles. The number of hydrogen-bond donors (Lipinski definition) is 1. The zero-order chi connectivity index (χ0) is 7.56. The van der Waals surface area contributed by atoms with Gasteiger partial charge in [-0.2, -0.15) is 11.8 Å². The lowest BCUT2D eigenvalue weighted by Crippen LogP contribution is -2.21. The fourth-order valence-electron chi connectivity index (χ4n) is 1.25. The molecule has 3 heteroatoms. The van der Waals surface area contributed by atoms with E-state index in [2.05, 4.69) is 6.92 Å². The molecule has 0 spiro atoms. The van der Waals surface area contributed by atoms with E-state index in [1.165, 1.54) is 0 Å². The van der Waals surface area contributed by atoms with E-state index >= 15 is 0 Å². The van der Waals surface area contributed by atoms with Crippen LogP contribution >= 0.6 is 11.8 Å². The summed E-state index contributed by atoms with van der Waals surface area (Å²) in [6.07, 6.45) is 0.763. The van der Waals surface area contributed by atoms with E-state index in [-0.39, 0.29) is 6.10 Å². The first-order valence-corrected chi connectivity index (χ1v) is 4.50. The molecular weight excluding hydrogens is 148 g/mol. The molecule has 0 saturated carbocycles. The van der Waals surface area contributed by atoms with Gasteiger partial charge >= 0.3 is 0 Å². The van der Waals surface area contributed by atoms with Gasteiger partial charge in [-0.3, -0.25) is 0 Å². The molecule has 3 unspecified atom stereocenters. The number of aliphatic hydroxyl groups excluding tert-OH is 1. The fourth-order valence-corrected chi connectivity index (χ4v) is 2.66. The summed E-state index contributed by atoms with van der Waals surface area (Å²) in [6.45, 7) is 2.82. The van der Waals surface area contributed by atoms with Gasteiger partial charge in [0.05, 0.1) is 18.0 Å². The number of rotatable bonds is 2. The molecule has 1 fully saturated rings. The van der Waals surface area contributed by atoms with Crippen LogP contribution in [0, 0.1) is 0 Å². The smallest absolute Gasteiger partial charge is 0.0691 e. The van der Waals surface area contributed by atoms with Crippen molar-refractivity contribution in [3.8, 4) is 0 Å². The maximum absolute atomic E-state index is 9.39. The van der Waals surface area contributed by atoms with Crippen LogP contribution in [0.2, 0.25) is 0 Å². The van der Waals surface area contributed by atoms with Gasteiger partial charge in [0.1, 0.15) is 0 Å². The summed E-state index contributed by atoms with van der Waals surface area (Å²) in [4.78, 5) is 0. The molecule has 0 aliphatic carbocycles. The first kappa shape index (κ1) is 8.37. The minimum Gasteiger partial charge on any atom is -0.392 e. The Bertz CT molecular complexity index is 108. The van der Waals surface area contributed by atoms with Gasteiger partial charge in [-0.05, 0) is 6.42 Å². The summed E-state index contributed by atoms with van der Waals surface area (Å²) in [5, 5.41) is 10.3. The number of ether oxygens (including phenoxy) is 1. The van der Waals surface area contributed by atoms with Crippen molar-refractivity contribution in [2.24, 2.45) is 0 Å². The van der Waals surface area contributed by atoms with Crippen LogP contribution < -0.4 is 0 Å². The number of thioether (sulfide) groups is 1. The van der Waals surface area contributed by atoms with Crippen molar-refractivity contribution < 1.29 is 9.84 Å². The molecule has 0 radical (unpaired) electrons. The molecule has 1 saturated heterocycles. The molecule has 1 rings (SSSR count). The summed E-state index contributed by atoms with van der Waals surface area (Å²) < 4.78 is 4.96. The number of methoxy groups -OCH3 is 1. The van der Waals surface area contributed by atoms with Gasteiger partial charge in [-0.15, -0.1) is 0 Å². The highest BCUT2D eigenvalue weighted by atomic mass is 32.2. The first-order chi connectivity index (χ1) is 4.74. The molecule has 1 heterocycles. The van der Waals surface area contributed by atoms with E-state index in [9.17, 15) is 5.11 Å². The lowest BCUT2D eigenvalue weighted by Gasteiger charge is -2.10. The number of aliphatic hydroxyl groups is 1. The van der Waals surface area contributed by atoms with Crippen LogP contribution in [0.3, 0.4) is 0 Å². The second-order valence-electron chi connectivity index (χ2n) is 2.74. The molecular formula is C7H14O2S. The Morgan fingerprint density at radius 1 is 1.70 bits per heavy atom. The molecule has 2 nitrogen and oxygen atoms in total. The molecule has 10 heavy (non-hydrogen) atoms. The topological polar surface area (TPSA) is 29.5 Å². The van der Waals surface area contributed by atoms with Crippen LogP contribution in [0.15, 0.2) is 0 Å². The van der Waals surface area contributed by atoms with Crippen LogP contribution in [-0.2, 0) is 4.74 Å². The Hall–Kier alpha value is 0.270. The Balaban J connectivity index is 2.31. The fraction of sp³-hybridized carbons (Fsp3) is 1.00. The summed E-state index contributed by atoms with van der Waals surface area (Å²) in [5.74, 6) is 0. The average molecular weight is 162 g/mol. The predicted octanol–water partition coefficient (Wildman–Crippen LogP) is 0.888. The highest BCUT2D eigenvalue weighted by molar-refractivity contribution is 8.00. The molecule has 0 bridgehead atoms. The summed E-state index contributed by atoms with van der Waals surface area (Å²) in [5.41, 5.74) is 0. The van der Waals surface area contributed by atoms with Gasteiger partial charge in [-0.25, -0.2) is 0 Å². The molecule has 3 atom stereocenters. The van der Waals surface area contributed by atoms with E-state index in [1.807, 2.05) is 11.8 Å². The van der Waals surface area contributed by atoms with Crippen molar-refractivity contribution >= 4 is 11.8 Å². The largest absolute Gasteiger partial charge is 0.392 e. The van der Waals surface area contributed by atoms with Gasteiger partial charge in [0.25, 0.3) is 0 Å². The maximum Gasteiger partial charge on any atom is 0.0691 e. The summed E-state index contributed by atoms with van der Waals surface area (Å²) in [6, 6.07) is 0. The second-order valence-corrected chi connectivity index (χ2v) is 4.43. The highest BCUT2D eigenvalue weighted by Crippen LogP contribution is 2.33. The van der Waals surface area contributed by atoms with Crippen molar-refractivity contribution in [1.29, 1.82) is 0 Å². The highest BCUT2D eigenvalue weighted by Gasteiger charge is 2.30. The van der Waals surface area contributed by atoms with Crippen LogP contribution in [0.4, 0.5) is 0 Å². The Kier molecular flexibility index (Phi) is 3.01. The van der Waals surface area contributed by atoms with Crippen LogP contribution in [-0.4, -0.2) is 35.4 Å². The zero-order valence-electron chi connectivity index (χ0n) is 6.41. The van der Waals surface area contributed by atoms with Crippen LogP contribution in [0.5, 0.6) is 0 Å². The molecule has 1 aliphatic rings. The Morgan fingerprint density at radius 3 is 2.80 bits per heavy atom. The molecule has 0 aromatic carbocycles. The van der Waals surface area contributed by atoms with Crippen molar-refractivity contribution in [3.05, 3.63) is 0 Å². The third-order valence-corrected chi connectivity index (χ3v) is 3.20. The van der Waals surface area contributed by atoms with Crippen molar-refractivity contribution in [2.45, 2.75) is 29.9 Å². The third kappa shape index (κ3) is 1.87. The standard InChI is InChI=1S/C7H14O2S/c1-5-3-6(8)7(10-5)4-9-2/h5-8H,3-4H2,1-2H3. The SMILES string of the molecule is COCC1SC(C)CC1O. The van der Waals surface area contributed by atoms with Gasteiger partial charge in [0.15, 0.2) is 0 Å². The van der Waals surface area contributed by atoms with E-state index < -0.39 is 0 Å². The molecule has 1 N–H and O–H groups in total. The predicted molar refractivity (Wildman–Crippen MR) is 43.3 cm³/mol. The van der Waals surface area contributed by atoms with Gasteiger partial charge in [-0.1, -0.05) is 6.92 Å². The van der Waals surface area contributed by atoms with E-state index in [4.69, 9.17) is 4.74 Å². The van der Waals surface area contributed by atoms with Crippen LogP contribution in [0.25, 0.3) is 0 Å². The van der Waals surface area contributed by atoms with Gasteiger partial charge in [0, 0.05) is 12.4 Å². The summed E-state index contributed by atoms with van der Waals surface area (Å²) in [7, 11) is 1.68. The van der Waals surface area contributed by atoms with Crippen molar-refractivity contribution in [3.63, 3.8) is 0 Å². The van der Waals surface area contributed by atoms with E-state index in [0.29, 0.717) is 17.1 Å². The van der Waals surface area contributed by atoms with E-state index in [0.717, 1.165) is 6.42 Å². The Labute approximate surface area is 66.0 Å². The van der Waals surface area contributed by atoms with Crippen LogP contribution in [0.1, 0.15) is 13.3 Å². The lowest BCUT2D eigenvalue weighted by molar-refractivity contribution is 0.119. The minimum absolute atomic E-state index is 0.153. The molecule has 1 aliphatic heterocycles. The minimum atomic E-state index is -0.153. The average Bonchev–Trinajstić information content (AvgIpc) is 2.13. The molecule has 0 aromatic rings. The quantitative estimate of drug-likeness (QED) is 0.654. The van der Waals surface area contributed by atoms with E-state index in [1.54, 1.807) is 7.11 Å². The maximum atomic E-state index is 9.39.